The molecular formula is C14H17N3O3. The maximum Gasteiger partial charge on any atom is 0.426 e. The van der Waals surface area contributed by atoms with Crippen LogP contribution in [0.1, 0.15) is 28.5 Å². The lowest BCUT2D eigenvalue weighted by molar-refractivity contribution is 0.0913. The summed E-state index contributed by atoms with van der Waals surface area (Å²) in [4.78, 5) is 26.3. The molecular weight excluding hydrogens is 258 g/mol. The van der Waals surface area contributed by atoms with Gasteiger partial charge in [0.2, 0.25) is 0 Å². The number of benzene rings is 1. The zero-order chi connectivity index (χ0) is 14.7. The van der Waals surface area contributed by atoms with Crippen molar-refractivity contribution in [1.82, 2.24) is 15.8 Å². The highest BCUT2D eigenvalue weighted by molar-refractivity contribution is 5.99. The van der Waals surface area contributed by atoms with E-state index in [4.69, 9.17) is 0 Å². The van der Waals surface area contributed by atoms with Crippen LogP contribution in [-0.4, -0.2) is 23.6 Å². The topological polar surface area (TPSA) is 83.2 Å². The van der Waals surface area contributed by atoms with Gasteiger partial charge in [0, 0.05) is 22.2 Å². The Balaban J connectivity index is 2.14. The maximum atomic E-state index is 11.9. The number of amides is 2. The molecule has 3 N–H and O–H groups in total. The van der Waals surface area contributed by atoms with Crippen molar-refractivity contribution in [3.8, 4) is 0 Å². The van der Waals surface area contributed by atoms with Crippen LogP contribution in [0.15, 0.2) is 18.2 Å². The van der Waals surface area contributed by atoms with E-state index in [9.17, 15) is 9.59 Å². The van der Waals surface area contributed by atoms with Crippen molar-refractivity contribution in [3.63, 3.8) is 0 Å². The first kappa shape index (κ1) is 13.9. The monoisotopic (exact) mass is 275 g/mol. The Morgan fingerprint density at radius 1 is 1.25 bits per heavy atom. The summed E-state index contributed by atoms with van der Waals surface area (Å²) in [5.41, 5.74) is 8.11. The van der Waals surface area contributed by atoms with Gasteiger partial charge in [0.1, 0.15) is 0 Å². The fourth-order valence-corrected chi connectivity index (χ4v) is 1.95. The van der Waals surface area contributed by atoms with Crippen LogP contribution >= 0.6 is 0 Å². The molecule has 0 aliphatic carbocycles. The van der Waals surface area contributed by atoms with E-state index < -0.39 is 12.0 Å². The number of hydrogen-bond donors (Lipinski definition) is 3. The number of ether oxygens (including phenoxy) is 1. The molecule has 1 aromatic heterocycles. The second kappa shape index (κ2) is 5.64. The van der Waals surface area contributed by atoms with Gasteiger partial charge in [0.05, 0.1) is 6.61 Å². The Kier molecular flexibility index (Phi) is 3.93. The number of rotatable bonds is 2. The molecule has 0 fully saturated rings. The molecule has 0 bridgehead atoms. The first-order valence-corrected chi connectivity index (χ1v) is 6.35. The third-order valence-electron chi connectivity index (χ3n) is 3.12. The third-order valence-corrected chi connectivity index (χ3v) is 3.12. The lowest BCUT2D eigenvalue weighted by atomic mass is 10.1. The number of aromatic amines is 1. The Labute approximate surface area is 116 Å². The SMILES string of the molecule is CCOC(=O)NNC(=O)c1ccc2[nH]c(C)c(C)c2c1. The van der Waals surface area contributed by atoms with Gasteiger partial charge in [0.15, 0.2) is 0 Å². The molecule has 6 heteroatoms. The van der Waals surface area contributed by atoms with Crippen molar-refractivity contribution in [2.75, 3.05) is 6.61 Å². The minimum absolute atomic E-state index is 0.246. The van der Waals surface area contributed by atoms with Crippen molar-refractivity contribution < 1.29 is 14.3 Å². The van der Waals surface area contributed by atoms with Crippen molar-refractivity contribution in [1.29, 1.82) is 0 Å². The van der Waals surface area contributed by atoms with Crippen LogP contribution in [0.5, 0.6) is 0 Å². The van der Waals surface area contributed by atoms with Gasteiger partial charge in [-0.3, -0.25) is 10.2 Å². The number of nitrogens with one attached hydrogen (secondary N) is 3. The summed E-state index contributed by atoms with van der Waals surface area (Å²) >= 11 is 0. The van der Waals surface area contributed by atoms with Gasteiger partial charge in [-0.05, 0) is 44.5 Å². The summed E-state index contributed by atoms with van der Waals surface area (Å²) in [5.74, 6) is -0.391. The van der Waals surface area contributed by atoms with Crippen molar-refractivity contribution >= 4 is 22.9 Å². The Morgan fingerprint density at radius 3 is 2.70 bits per heavy atom. The molecule has 0 unspecified atom stereocenters. The highest BCUT2D eigenvalue weighted by Gasteiger charge is 2.10. The number of aromatic nitrogens is 1. The van der Waals surface area contributed by atoms with Crippen LogP contribution in [0.2, 0.25) is 0 Å². The molecule has 2 aromatic rings. The number of carbonyl (C=O) groups excluding carboxylic acids is 2. The summed E-state index contributed by atoms with van der Waals surface area (Å²) in [7, 11) is 0. The van der Waals surface area contributed by atoms with Crippen molar-refractivity contribution in [2.45, 2.75) is 20.8 Å². The average Bonchev–Trinajstić information content (AvgIpc) is 2.71. The molecule has 2 rings (SSSR count). The number of hydrogen-bond acceptors (Lipinski definition) is 3. The van der Waals surface area contributed by atoms with Gasteiger partial charge in [-0.1, -0.05) is 0 Å². The van der Waals surface area contributed by atoms with E-state index in [1.165, 1.54) is 0 Å². The van der Waals surface area contributed by atoms with Crippen LogP contribution in [0.3, 0.4) is 0 Å². The fourth-order valence-electron chi connectivity index (χ4n) is 1.95. The summed E-state index contributed by atoms with van der Waals surface area (Å²) in [6, 6.07) is 5.32. The molecule has 0 spiro atoms. The summed E-state index contributed by atoms with van der Waals surface area (Å²) in [6.45, 7) is 5.91. The lowest BCUT2D eigenvalue weighted by Gasteiger charge is -2.07. The normalized spacial score (nSPS) is 10.3. The second-order valence-corrected chi connectivity index (χ2v) is 4.43. The largest absolute Gasteiger partial charge is 0.449 e. The zero-order valence-electron chi connectivity index (χ0n) is 11.7. The van der Waals surface area contributed by atoms with Crippen LogP contribution < -0.4 is 10.9 Å². The van der Waals surface area contributed by atoms with Gasteiger partial charge in [-0.2, -0.15) is 0 Å². The maximum absolute atomic E-state index is 11.9. The van der Waals surface area contributed by atoms with Gasteiger partial charge in [-0.25, -0.2) is 10.2 Å². The van der Waals surface area contributed by atoms with Gasteiger partial charge in [0.25, 0.3) is 5.91 Å². The molecule has 0 saturated carbocycles. The molecule has 0 aliphatic heterocycles. The van der Waals surface area contributed by atoms with E-state index in [1.807, 2.05) is 19.9 Å². The molecule has 1 aromatic carbocycles. The Hall–Kier alpha value is -2.50. The van der Waals surface area contributed by atoms with E-state index in [0.717, 1.165) is 22.2 Å². The molecule has 2 amide bonds. The van der Waals surface area contributed by atoms with E-state index in [2.05, 4.69) is 20.6 Å². The average molecular weight is 275 g/mol. The first-order chi connectivity index (χ1) is 9.52. The second-order valence-electron chi connectivity index (χ2n) is 4.43. The molecule has 6 nitrogen and oxygen atoms in total. The lowest BCUT2D eigenvalue weighted by Crippen LogP contribution is -2.41. The minimum Gasteiger partial charge on any atom is -0.449 e. The van der Waals surface area contributed by atoms with Crippen LogP contribution in [0, 0.1) is 13.8 Å². The first-order valence-electron chi connectivity index (χ1n) is 6.35. The highest BCUT2D eigenvalue weighted by atomic mass is 16.5. The van der Waals surface area contributed by atoms with E-state index >= 15 is 0 Å². The predicted octanol–water partition coefficient (Wildman–Crippen LogP) is 2.18. The minimum atomic E-state index is -0.685. The van der Waals surface area contributed by atoms with Crippen LogP contribution in [0.25, 0.3) is 10.9 Å². The standard InChI is InChI=1S/C14H17N3O3/c1-4-20-14(19)17-16-13(18)10-5-6-12-11(7-10)8(2)9(3)15-12/h5-7,15H,4H2,1-3H3,(H,16,18)(H,17,19). The summed E-state index contributed by atoms with van der Waals surface area (Å²) in [5, 5.41) is 0.992. The molecule has 20 heavy (non-hydrogen) atoms. The van der Waals surface area contributed by atoms with Gasteiger partial charge in [-0.15, -0.1) is 0 Å². The Bertz CT molecular complexity index is 661. The molecule has 0 radical (unpaired) electrons. The zero-order valence-corrected chi connectivity index (χ0v) is 11.7. The number of fused-ring (bicyclic) bond motifs is 1. The smallest absolute Gasteiger partial charge is 0.426 e. The van der Waals surface area contributed by atoms with Gasteiger partial charge < -0.3 is 9.72 Å². The molecule has 0 saturated heterocycles. The van der Waals surface area contributed by atoms with E-state index in [1.54, 1.807) is 19.1 Å². The van der Waals surface area contributed by atoms with Crippen molar-refractivity contribution in [3.05, 3.63) is 35.0 Å². The third kappa shape index (κ3) is 2.74. The Morgan fingerprint density at radius 2 is 2.00 bits per heavy atom. The quantitative estimate of drug-likeness (QED) is 0.734. The highest BCUT2D eigenvalue weighted by Crippen LogP contribution is 2.22. The van der Waals surface area contributed by atoms with E-state index in [-0.39, 0.29) is 6.61 Å². The number of carbonyl (C=O) groups is 2. The number of H-pyrrole nitrogens is 1. The molecule has 0 atom stereocenters. The molecule has 0 aliphatic rings. The van der Waals surface area contributed by atoms with Crippen molar-refractivity contribution in [2.24, 2.45) is 0 Å². The number of aryl methyl sites for hydroxylation is 2. The van der Waals surface area contributed by atoms with E-state index in [0.29, 0.717) is 5.56 Å². The number of hydrazine groups is 1. The van der Waals surface area contributed by atoms with Crippen LogP contribution in [-0.2, 0) is 4.74 Å². The molecule has 106 valence electrons. The summed E-state index contributed by atoms with van der Waals surface area (Å²) in [6.07, 6.45) is -0.685. The molecule has 1 heterocycles. The summed E-state index contributed by atoms with van der Waals surface area (Å²) < 4.78 is 4.65. The van der Waals surface area contributed by atoms with Crippen LogP contribution in [0.4, 0.5) is 4.79 Å². The predicted molar refractivity (Wildman–Crippen MR) is 75.4 cm³/mol. The van der Waals surface area contributed by atoms with Gasteiger partial charge >= 0.3 is 6.09 Å². The fraction of sp³-hybridized carbons (Fsp3) is 0.286.